The molecule has 4 heteroatoms. The Morgan fingerprint density at radius 3 is 2.86 bits per heavy atom. The number of nitrogen functional groups attached to an aromatic ring is 1. The molecule has 0 aliphatic heterocycles. The number of carbonyl (C=O) groups is 1. The van der Waals surface area contributed by atoms with Gasteiger partial charge in [-0.3, -0.25) is 4.79 Å². The fraction of sp³-hybridized carbons (Fsp3) is 0.300. The van der Waals surface area contributed by atoms with E-state index >= 15 is 0 Å². The highest BCUT2D eigenvalue weighted by atomic mass is 32.2. The molecule has 0 spiro atoms. The van der Waals surface area contributed by atoms with E-state index in [2.05, 4.69) is 5.32 Å². The first-order chi connectivity index (χ1) is 6.63. The third kappa shape index (κ3) is 2.96. The summed E-state index contributed by atoms with van der Waals surface area (Å²) in [6.07, 6.45) is 1.90. The monoisotopic (exact) mass is 210 g/mol. The van der Waals surface area contributed by atoms with E-state index in [0.29, 0.717) is 11.4 Å². The van der Waals surface area contributed by atoms with Crippen LogP contribution in [0.3, 0.4) is 0 Å². The van der Waals surface area contributed by atoms with Crippen LogP contribution in [-0.4, -0.2) is 17.9 Å². The number of thioether (sulfide) groups is 1. The zero-order valence-electron chi connectivity index (χ0n) is 8.33. The van der Waals surface area contributed by atoms with Crippen molar-refractivity contribution in [2.75, 3.05) is 23.1 Å². The maximum Gasteiger partial charge on any atom is 0.234 e. The lowest BCUT2D eigenvalue weighted by atomic mass is 10.2. The molecule has 76 valence electrons. The van der Waals surface area contributed by atoms with Gasteiger partial charge in [-0.2, -0.15) is 11.8 Å². The van der Waals surface area contributed by atoms with E-state index in [4.69, 9.17) is 5.73 Å². The van der Waals surface area contributed by atoms with Gasteiger partial charge < -0.3 is 11.1 Å². The fourth-order valence-electron chi connectivity index (χ4n) is 1.14. The molecule has 0 aromatic heterocycles. The van der Waals surface area contributed by atoms with Crippen LogP contribution >= 0.6 is 11.8 Å². The zero-order valence-corrected chi connectivity index (χ0v) is 9.15. The van der Waals surface area contributed by atoms with Gasteiger partial charge in [-0.1, -0.05) is 0 Å². The molecule has 1 aromatic carbocycles. The molecule has 14 heavy (non-hydrogen) atoms. The maximum atomic E-state index is 11.3. The number of aryl methyl sites for hydroxylation is 1. The summed E-state index contributed by atoms with van der Waals surface area (Å²) in [5, 5.41) is 2.82. The van der Waals surface area contributed by atoms with Crippen molar-refractivity contribution in [1.29, 1.82) is 0 Å². The largest absolute Gasteiger partial charge is 0.399 e. The lowest BCUT2D eigenvalue weighted by molar-refractivity contribution is -0.113. The maximum absolute atomic E-state index is 11.3. The summed E-state index contributed by atoms with van der Waals surface area (Å²) in [7, 11) is 0. The predicted octanol–water partition coefficient (Wildman–Crippen LogP) is 1.88. The van der Waals surface area contributed by atoms with Crippen LogP contribution < -0.4 is 11.1 Å². The Morgan fingerprint density at radius 1 is 1.57 bits per heavy atom. The number of nitrogens with one attached hydrogen (secondary N) is 1. The molecule has 3 N–H and O–H groups in total. The summed E-state index contributed by atoms with van der Waals surface area (Å²) in [4.78, 5) is 11.3. The van der Waals surface area contributed by atoms with Gasteiger partial charge in [0.25, 0.3) is 0 Å². The van der Waals surface area contributed by atoms with E-state index in [-0.39, 0.29) is 5.91 Å². The van der Waals surface area contributed by atoms with Gasteiger partial charge in [0.1, 0.15) is 0 Å². The van der Waals surface area contributed by atoms with E-state index in [1.807, 2.05) is 25.3 Å². The first kappa shape index (κ1) is 10.9. The molecule has 0 unspecified atom stereocenters. The highest BCUT2D eigenvalue weighted by Crippen LogP contribution is 2.17. The number of nitrogens with two attached hydrogens (primary N) is 1. The summed E-state index contributed by atoms with van der Waals surface area (Å²) in [5.41, 5.74) is 8.13. The van der Waals surface area contributed by atoms with Gasteiger partial charge in [-0.25, -0.2) is 0 Å². The molecule has 0 heterocycles. The van der Waals surface area contributed by atoms with Gasteiger partial charge >= 0.3 is 0 Å². The number of benzene rings is 1. The van der Waals surface area contributed by atoms with Crippen molar-refractivity contribution in [3.63, 3.8) is 0 Å². The first-order valence-corrected chi connectivity index (χ1v) is 5.68. The van der Waals surface area contributed by atoms with Crippen molar-refractivity contribution in [1.82, 2.24) is 0 Å². The second-order valence-corrected chi connectivity index (χ2v) is 3.92. The minimum absolute atomic E-state index is 0.0189. The SMILES string of the molecule is CSCC(=O)Nc1ccc(N)cc1C. The van der Waals surface area contributed by atoms with E-state index in [9.17, 15) is 4.79 Å². The summed E-state index contributed by atoms with van der Waals surface area (Å²) < 4.78 is 0. The number of amides is 1. The van der Waals surface area contributed by atoms with Crippen LogP contribution in [0.15, 0.2) is 18.2 Å². The van der Waals surface area contributed by atoms with Crippen molar-refractivity contribution in [2.45, 2.75) is 6.92 Å². The molecule has 0 bridgehead atoms. The van der Waals surface area contributed by atoms with E-state index in [0.717, 1.165) is 11.3 Å². The molecule has 0 aliphatic carbocycles. The Kier molecular flexibility index (Phi) is 3.83. The van der Waals surface area contributed by atoms with Gasteiger partial charge in [-0.15, -0.1) is 0 Å². The van der Waals surface area contributed by atoms with Gasteiger partial charge in [-0.05, 0) is 36.9 Å². The zero-order chi connectivity index (χ0) is 10.6. The Balaban J connectivity index is 2.72. The van der Waals surface area contributed by atoms with Crippen molar-refractivity contribution in [3.05, 3.63) is 23.8 Å². The highest BCUT2D eigenvalue weighted by Gasteiger charge is 2.03. The molecule has 0 fully saturated rings. The van der Waals surface area contributed by atoms with Crippen LogP contribution in [0, 0.1) is 6.92 Å². The number of hydrogen-bond donors (Lipinski definition) is 2. The number of hydrogen-bond acceptors (Lipinski definition) is 3. The van der Waals surface area contributed by atoms with E-state index in [1.165, 1.54) is 11.8 Å². The average Bonchev–Trinajstić information content (AvgIpc) is 2.10. The van der Waals surface area contributed by atoms with Crippen molar-refractivity contribution in [3.8, 4) is 0 Å². The van der Waals surface area contributed by atoms with Gasteiger partial charge in [0, 0.05) is 11.4 Å². The van der Waals surface area contributed by atoms with Crippen LogP contribution in [0.4, 0.5) is 11.4 Å². The topological polar surface area (TPSA) is 55.1 Å². The smallest absolute Gasteiger partial charge is 0.234 e. The molecular formula is C10H14N2OS. The first-order valence-electron chi connectivity index (χ1n) is 4.28. The lowest BCUT2D eigenvalue weighted by Crippen LogP contribution is -2.14. The van der Waals surface area contributed by atoms with Gasteiger partial charge in [0.05, 0.1) is 5.75 Å². The third-order valence-corrected chi connectivity index (χ3v) is 2.35. The molecular weight excluding hydrogens is 196 g/mol. The average molecular weight is 210 g/mol. The normalized spacial score (nSPS) is 9.86. The molecule has 1 rings (SSSR count). The molecule has 3 nitrogen and oxygen atoms in total. The predicted molar refractivity (Wildman–Crippen MR) is 62.6 cm³/mol. The number of anilines is 2. The van der Waals surface area contributed by atoms with Crippen LogP contribution in [0.2, 0.25) is 0 Å². The summed E-state index contributed by atoms with van der Waals surface area (Å²) in [6, 6.07) is 5.44. The van der Waals surface area contributed by atoms with E-state index < -0.39 is 0 Å². The lowest BCUT2D eigenvalue weighted by Gasteiger charge is -2.07. The molecule has 1 amide bonds. The Bertz CT molecular complexity index is 339. The quantitative estimate of drug-likeness (QED) is 0.749. The minimum Gasteiger partial charge on any atom is -0.399 e. The number of carbonyl (C=O) groups excluding carboxylic acids is 1. The van der Waals surface area contributed by atoms with Crippen LogP contribution in [-0.2, 0) is 4.79 Å². The summed E-state index contributed by atoms with van der Waals surface area (Å²) >= 11 is 1.50. The molecule has 1 aromatic rings. The molecule has 0 saturated carbocycles. The molecule has 0 radical (unpaired) electrons. The standard InChI is InChI=1S/C10H14N2OS/c1-7-5-8(11)3-4-9(7)12-10(13)6-14-2/h3-5H,6,11H2,1-2H3,(H,12,13). The minimum atomic E-state index is 0.0189. The van der Waals surface area contributed by atoms with Crippen LogP contribution in [0.25, 0.3) is 0 Å². The molecule has 0 aliphatic rings. The van der Waals surface area contributed by atoms with Gasteiger partial charge in [0.2, 0.25) is 5.91 Å². The van der Waals surface area contributed by atoms with E-state index in [1.54, 1.807) is 6.07 Å². The van der Waals surface area contributed by atoms with Crippen LogP contribution in [0.5, 0.6) is 0 Å². The molecule has 0 atom stereocenters. The Hall–Kier alpha value is -1.16. The van der Waals surface area contributed by atoms with Gasteiger partial charge in [0.15, 0.2) is 0 Å². The van der Waals surface area contributed by atoms with Crippen molar-refractivity contribution < 1.29 is 4.79 Å². The second-order valence-electron chi connectivity index (χ2n) is 3.06. The third-order valence-electron chi connectivity index (χ3n) is 1.80. The highest BCUT2D eigenvalue weighted by molar-refractivity contribution is 7.99. The summed E-state index contributed by atoms with van der Waals surface area (Å²) in [5.74, 6) is 0.495. The Morgan fingerprint density at radius 2 is 2.29 bits per heavy atom. The molecule has 0 saturated heterocycles. The van der Waals surface area contributed by atoms with Crippen molar-refractivity contribution >= 4 is 29.0 Å². The summed E-state index contributed by atoms with van der Waals surface area (Å²) in [6.45, 7) is 1.92. The van der Waals surface area contributed by atoms with Crippen LogP contribution in [0.1, 0.15) is 5.56 Å². The van der Waals surface area contributed by atoms with Crippen molar-refractivity contribution in [2.24, 2.45) is 0 Å². The fourth-order valence-corrected chi connectivity index (χ4v) is 1.48. The second kappa shape index (κ2) is 4.91. The number of rotatable bonds is 3. The Labute approximate surface area is 88.1 Å².